The molecule has 0 saturated carbocycles. The Morgan fingerprint density at radius 1 is 1.41 bits per heavy atom. The minimum atomic E-state index is -0.989. The average molecular weight is 309 g/mol. The number of carbonyl (C=O) groups excluding carboxylic acids is 1. The molecule has 0 aliphatic heterocycles. The lowest BCUT2D eigenvalue weighted by molar-refractivity contribution is -0.383. The highest BCUT2D eigenvalue weighted by Gasteiger charge is 2.21. The Balaban J connectivity index is 2.78. The van der Waals surface area contributed by atoms with E-state index < -0.39 is 22.7 Å². The van der Waals surface area contributed by atoms with Crippen LogP contribution in [0.3, 0.4) is 0 Å². The Morgan fingerprint density at radius 2 is 2.05 bits per heavy atom. The lowest BCUT2D eigenvalue weighted by Gasteiger charge is -2.15. The number of nitro groups is 1. The largest absolute Gasteiger partial charge is 0.481 e. The number of amides is 1. The molecular formula is C14H19N3O5. The van der Waals surface area contributed by atoms with Gasteiger partial charge in [0, 0.05) is 18.2 Å². The van der Waals surface area contributed by atoms with Crippen molar-refractivity contribution >= 4 is 23.3 Å². The number of hydrogen-bond donors (Lipinski definition) is 3. The molecule has 0 heterocycles. The second-order valence-electron chi connectivity index (χ2n) is 5.41. The molecule has 0 fully saturated rings. The van der Waals surface area contributed by atoms with Crippen molar-refractivity contribution in [3.8, 4) is 0 Å². The zero-order chi connectivity index (χ0) is 16.9. The monoisotopic (exact) mass is 309 g/mol. The highest BCUT2D eigenvalue weighted by molar-refractivity contribution is 5.95. The molecule has 120 valence electrons. The van der Waals surface area contributed by atoms with E-state index in [1.54, 1.807) is 0 Å². The molecule has 0 aromatic heterocycles. The summed E-state index contributed by atoms with van der Waals surface area (Å²) in [4.78, 5) is 33.2. The molecule has 0 aliphatic rings. The van der Waals surface area contributed by atoms with Crippen LogP contribution in [0.15, 0.2) is 18.2 Å². The molecule has 1 aromatic carbocycles. The van der Waals surface area contributed by atoms with Gasteiger partial charge in [0.25, 0.3) is 11.6 Å². The first-order chi connectivity index (χ1) is 10.2. The van der Waals surface area contributed by atoms with Gasteiger partial charge in [0.15, 0.2) is 0 Å². The van der Waals surface area contributed by atoms with Crippen LogP contribution in [-0.2, 0) is 4.79 Å². The number of nitrogens with one attached hydrogen (secondary N) is 1. The van der Waals surface area contributed by atoms with E-state index in [1.165, 1.54) is 12.1 Å². The summed E-state index contributed by atoms with van der Waals surface area (Å²) >= 11 is 0. The number of nitro benzene ring substituents is 1. The molecule has 0 spiro atoms. The lowest BCUT2D eigenvalue weighted by atomic mass is 9.97. The fraction of sp³-hybridized carbons (Fsp3) is 0.429. The second kappa shape index (κ2) is 7.39. The van der Waals surface area contributed by atoms with Gasteiger partial charge in [0.2, 0.25) is 0 Å². The number of carboxylic acid groups (broad SMARTS) is 1. The third kappa shape index (κ3) is 4.72. The molecule has 1 atom stereocenters. The van der Waals surface area contributed by atoms with Crippen LogP contribution in [0.1, 0.15) is 30.6 Å². The van der Waals surface area contributed by atoms with Crippen LogP contribution in [0.4, 0.5) is 11.4 Å². The molecular weight excluding hydrogens is 290 g/mol. The van der Waals surface area contributed by atoms with E-state index in [4.69, 9.17) is 10.8 Å². The lowest BCUT2D eigenvalue weighted by Crippen LogP contribution is -2.33. The molecule has 8 heteroatoms. The highest BCUT2D eigenvalue weighted by Crippen LogP contribution is 2.22. The fourth-order valence-corrected chi connectivity index (χ4v) is 2.00. The molecule has 0 aliphatic carbocycles. The Labute approximate surface area is 127 Å². The number of nitrogens with two attached hydrogens (primary N) is 1. The summed E-state index contributed by atoms with van der Waals surface area (Å²) in [5.41, 5.74) is 5.13. The van der Waals surface area contributed by atoms with Crippen LogP contribution in [0.2, 0.25) is 0 Å². The fourth-order valence-electron chi connectivity index (χ4n) is 2.00. The summed E-state index contributed by atoms with van der Waals surface area (Å²) < 4.78 is 0. The van der Waals surface area contributed by atoms with Gasteiger partial charge in [0.1, 0.15) is 5.69 Å². The first kappa shape index (κ1) is 17.4. The summed E-state index contributed by atoms with van der Waals surface area (Å²) in [5.74, 6) is -2.08. The third-order valence-electron chi connectivity index (χ3n) is 3.10. The van der Waals surface area contributed by atoms with Crippen LogP contribution in [0, 0.1) is 22.0 Å². The summed E-state index contributed by atoms with van der Waals surface area (Å²) in [6, 6.07) is 3.70. The van der Waals surface area contributed by atoms with Gasteiger partial charge in [-0.15, -0.1) is 0 Å². The van der Waals surface area contributed by atoms with Gasteiger partial charge < -0.3 is 16.2 Å². The molecule has 1 amide bonds. The molecule has 0 radical (unpaired) electrons. The van der Waals surface area contributed by atoms with E-state index in [-0.39, 0.29) is 29.4 Å². The van der Waals surface area contributed by atoms with Gasteiger partial charge in [-0.2, -0.15) is 0 Å². The zero-order valence-corrected chi connectivity index (χ0v) is 12.4. The number of nitrogens with zero attached hydrogens (tertiary/aromatic N) is 1. The van der Waals surface area contributed by atoms with Gasteiger partial charge in [-0.05, 0) is 24.5 Å². The van der Waals surface area contributed by atoms with Crippen molar-refractivity contribution in [3.63, 3.8) is 0 Å². The highest BCUT2D eigenvalue weighted by atomic mass is 16.6. The molecule has 22 heavy (non-hydrogen) atoms. The van der Waals surface area contributed by atoms with Gasteiger partial charge in [-0.1, -0.05) is 13.8 Å². The summed E-state index contributed by atoms with van der Waals surface area (Å²) in [6.45, 7) is 3.74. The number of nitrogen functional groups attached to an aromatic ring is 1. The number of aliphatic carboxylic acids is 1. The molecule has 8 nitrogen and oxygen atoms in total. The van der Waals surface area contributed by atoms with Gasteiger partial charge in [-0.3, -0.25) is 19.7 Å². The maximum Gasteiger partial charge on any atom is 0.308 e. The number of hydrogen-bond acceptors (Lipinski definition) is 5. The molecule has 1 unspecified atom stereocenters. The van der Waals surface area contributed by atoms with Crippen LogP contribution < -0.4 is 11.1 Å². The zero-order valence-electron chi connectivity index (χ0n) is 12.4. The number of rotatable bonds is 7. The van der Waals surface area contributed by atoms with Crippen molar-refractivity contribution in [2.24, 2.45) is 11.8 Å². The summed E-state index contributed by atoms with van der Waals surface area (Å²) in [6.07, 6.45) is 0.428. The van der Waals surface area contributed by atoms with Crippen LogP contribution >= 0.6 is 0 Å². The standard InChI is InChI=1S/C14H19N3O5/c1-8(2)5-10(14(19)20)7-16-13(18)9-3-4-11(15)12(6-9)17(21)22/h3-4,6,8,10H,5,7,15H2,1-2H3,(H,16,18)(H,19,20). The van der Waals surface area contributed by atoms with Gasteiger partial charge >= 0.3 is 5.97 Å². The quantitative estimate of drug-likeness (QED) is 0.398. The maximum atomic E-state index is 12.0. The van der Waals surface area contributed by atoms with E-state index >= 15 is 0 Å². The number of benzene rings is 1. The normalized spacial score (nSPS) is 12.0. The van der Waals surface area contributed by atoms with E-state index in [0.29, 0.717) is 6.42 Å². The first-order valence-corrected chi connectivity index (χ1v) is 6.77. The van der Waals surface area contributed by atoms with E-state index in [0.717, 1.165) is 6.07 Å². The molecule has 0 bridgehead atoms. The van der Waals surface area contributed by atoms with Crippen molar-refractivity contribution in [3.05, 3.63) is 33.9 Å². The average Bonchev–Trinajstić information content (AvgIpc) is 2.42. The molecule has 0 saturated heterocycles. The van der Waals surface area contributed by atoms with Crippen molar-refractivity contribution < 1.29 is 19.6 Å². The Hall–Kier alpha value is -2.64. The van der Waals surface area contributed by atoms with Crippen molar-refractivity contribution in [2.75, 3.05) is 12.3 Å². The number of anilines is 1. The third-order valence-corrected chi connectivity index (χ3v) is 3.10. The predicted octanol–water partition coefficient (Wildman–Crippen LogP) is 1.65. The van der Waals surface area contributed by atoms with Crippen LogP contribution in [-0.4, -0.2) is 28.5 Å². The second-order valence-corrected chi connectivity index (χ2v) is 5.41. The van der Waals surface area contributed by atoms with Crippen molar-refractivity contribution in [1.82, 2.24) is 5.32 Å². The minimum Gasteiger partial charge on any atom is -0.481 e. The number of carbonyl (C=O) groups is 2. The smallest absolute Gasteiger partial charge is 0.308 e. The summed E-state index contributed by atoms with van der Waals surface area (Å²) in [7, 11) is 0. The minimum absolute atomic E-state index is 0.0372. The topological polar surface area (TPSA) is 136 Å². The molecule has 4 N–H and O–H groups in total. The van der Waals surface area contributed by atoms with E-state index in [2.05, 4.69) is 5.32 Å². The number of carboxylic acids is 1. The Morgan fingerprint density at radius 3 is 2.55 bits per heavy atom. The van der Waals surface area contributed by atoms with Crippen molar-refractivity contribution in [2.45, 2.75) is 20.3 Å². The van der Waals surface area contributed by atoms with Gasteiger partial charge in [0.05, 0.1) is 10.8 Å². The maximum absolute atomic E-state index is 12.0. The van der Waals surface area contributed by atoms with Gasteiger partial charge in [-0.25, -0.2) is 0 Å². The SMILES string of the molecule is CC(C)CC(CNC(=O)c1ccc(N)c([N+](=O)[O-])c1)C(=O)O. The van der Waals surface area contributed by atoms with Crippen LogP contribution in [0.25, 0.3) is 0 Å². The molecule has 1 rings (SSSR count). The molecule has 1 aromatic rings. The van der Waals surface area contributed by atoms with Crippen LogP contribution in [0.5, 0.6) is 0 Å². The van der Waals surface area contributed by atoms with E-state index in [1.807, 2.05) is 13.8 Å². The van der Waals surface area contributed by atoms with E-state index in [9.17, 15) is 19.7 Å². The Bertz CT molecular complexity index is 586. The van der Waals surface area contributed by atoms with Crippen molar-refractivity contribution in [1.29, 1.82) is 0 Å². The first-order valence-electron chi connectivity index (χ1n) is 6.77. The summed E-state index contributed by atoms with van der Waals surface area (Å²) in [5, 5.41) is 22.4. The predicted molar refractivity (Wildman–Crippen MR) is 80.4 cm³/mol. The Kier molecular flexibility index (Phi) is 5.85.